The lowest BCUT2D eigenvalue weighted by Gasteiger charge is -2.03. The van der Waals surface area contributed by atoms with Gasteiger partial charge in [0.1, 0.15) is 0 Å². The third-order valence-corrected chi connectivity index (χ3v) is 7.61. The first-order chi connectivity index (χ1) is 13.3. The van der Waals surface area contributed by atoms with Gasteiger partial charge in [-0.05, 0) is 36.4 Å². The van der Waals surface area contributed by atoms with Gasteiger partial charge in [-0.25, -0.2) is 8.42 Å². The summed E-state index contributed by atoms with van der Waals surface area (Å²) in [5, 5.41) is 0.937. The predicted molar refractivity (Wildman–Crippen MR) is 113 cm³/mol. The second-order valence-electron chi connectivity index (χ2n) is 5.73. The Hall–Kier alpha value is -2.11. The Morgan fingerprint density at radius 1 is 1.18 bits per heavy atom. The van der Waals surface area contributed by atoms with Crippen molar-refractivity contribution in [2.24, 2.45) is 4.99 Å². The Balaban J connectivity index is 2.11. The second-order valence-corrected chi connectivity index (χ2v) is 9.80. The van der Waals surface area contributed by atoms with E-state index in [1.165, 1.54) is 35.6 Å². The SMILES string of the molecule is C#CCn1c(=NC(=O)c2ccc(S(=O)(=O)CC)cc2)sc2c(Cl)ccc(Cl)c21. The number of hydrogen-bond acceptors (Lipinski definition) is 4. The Labute approximate surface area is 176 Å². The summed E-state index contributed by atoms with van der Waals surface area (Å²) in [6.07, 6.45) is 5.45. The monoisotopic (exact) mass is 452 g/mol. The van der Waals surface area contributed by atoms with Crippen LogP contribution in [0.15, 0.2) is 46.3 Å². The van der Waals surface area contributed by atoms with E-state index in [0.717, 1.165) is 0 Å². The van der Waals surface area contributed by atoms with Crippen molar-refractivity contribution in [1.29, 1.82) is 0 Å². The molecule has 0 N–H and O–H groups in total. The van der Waals surface area contributed by atoms with Gasteiger partial charge in [0.15, 0.2) is 14.6 Å². The lowest BCUT2D eigenvalue weighted by molar-refractivity contribution is 0.0998. The second kappa shape index (κ2) is 8.10. The minimum atomic E-state index is -3.34. The lowest BCUT2D eigenvalue weighted by Crippen LogP contribution is -2.16. The van der Waals surface area contributed by atoms with E-state index in [4.69, 9.17) is 29.6 Å². The number of rotatable bonds is 4. The molecule has 0 saturated carbocycles. The zero-order chi connectivity index (χ0) is 20.5. The van der Waals surface area contributed by atoms with Gasteiger partial charge in [0.25, 0.3) is 5.91 Å². The molecule has 0 fully saturated rings. The predicted octanol–water partition coefficient (Wildman–Crippen LogP) is 4.18. The van der Waals surface area contributed by atoms with Gasteiger partial charge in [0, 0.05) is 5.56 Å². The van der Waals surface area contributed by atoms with Crippen LogP contribution in [0.1, 0.15) is 17.3 Å². The molecule has 0 atom stereocenters. The van der Waals surface area contributed by atoms with E-state index < -0.39 is 15.7 Å². The first-order valence-corrected chi connectivity index (χ1v) is 11.3. The van der Waals surface area contributed by atoms with E-state index in [2.05, 4.69) is 10.9 Å². The molecule has 144 valence electrons. The molecule has 9 heteroatoms. The molecule has 1 heterocycles. The highest BCUT2D eigenvalue weighted by Crippen LogP contribution is 2.31. The molecular weight excluding hydrogens is 439 g/mol. The Morgan fingerprint density at radius 3 is 2.43 bits per heavy atom. The van der Waals surface area contributed by atoms with Crippen LogP contribution in [-0.4, -0.2) is 24.6 Å². The normalized spacial score (nSPS) is 12.3. The number of amides is 1. The van der Waals surface area contributed by atoms with Crippen molar-refractivity contribution in [1.82, 2.24) is 4.57 Å². The summed E-state index contributed by atoms with van der Waals surface area (Å²) in [7, 11) is -3.34. The van der Waals surface area contributed by atoms with Gasteiger partial charge in [-0.3, -0.25) is 4.79 Å². The third-order valence-electron chi connectivity index (χ3n) is 4.02. The molecule has 0 radical (unpaired) electrons. The van der Waals surface area contributed by atoms with Gasteiger partial charge < -0.3 is 4.57 Å². The number of halogens is 2. The number of carbonyl (C=O) groups excluding carboxylic acids is 1. The molecular formula is C19H14Cl2N2O3S2. The summed E-state index contributed by atoms with van der Waals surface area (Å²) in [6, 6.07) is 9.00. The van der Waals surface area contributed by atoms with Crippen molar-refractivity contribution in [2.75, 3.05) is 5.75 Å². The fourth-order valence-corrected chi connectivity index (χ4v) is 5.08. The quantitative estimate of drug-likeness (QED) is 0.557. The molecule has 0 spiro atoms. The number of fused-ring (bicyclic) bond motifs is 1. The summed E-state index contributed by atoms with van der Waals surface area (Å²) >= 11 is 13.7. The number of hydrogen-bond donors (Lipinski definition) is 0. The Morgan fingerprint density at radius 2 is 1.82 bits per heavy atom. The minimum absolute atomic E-state index is 0.0138. The average molecular weight is 453 g/mol. The minimum Gasteiger partial charge on any atom is -0.303 e. The average Bonchev–Trinajstić information content (AvgIpc) is 3.04. The molecule has 1 amide bonds. The van der Waals surface area contributed by atoms with Crippen molar-refractivity contribution >= 4 is 60.5 Å². The summed E-state index contributed by atoms with van der Waals surface area (Å²) in [6.45, 7) is 1.73. The van der Waals surface area contributed by atoms with Crippen molar-refractivity contribution in [3.8, 4) is 12.3 Å². The summed E-state index contributed by atoms with van der Waals surface area (Å²) in [5.41, 5.74) is 0.880. The van der Waals surface area contributed by atoms with Crippen LogP contribution >= 0.6 is 34.5 Å². The molecule has 0 saturated heterocycles. The largest absolute Gasteiger partial charge is 0.303 e. The zero-order valence-corrected chi connectivity index (χ0v) is 17.8. The van der Waals surface area contributed by atoms with E-state index in [1.807, 2.05) is 0 Å². The van der Waals surface area contributed by atoms with Crippen molar-refractivity contribution in [3.63, 3.8) is 0 Å². The third kappa shape index (κ3) is 3.87. The van der Waals surface area contributed by atoms with E-state index in [0.29, 0.717) is 25.1 Å². The highest BCUT2D eigenvalue weighted by Gasteiger charge is 2.15. The molecule has 5 nitrogen and oxygen atoms in total. The fourth-order valence-electron chi connectivity index (χ4n) is 2.56. The van der Waals surface area contributed by atoms with Crippen LogP contribution < -0.4 is 4.80 Å². The van der Waals surface area contributed by atoms with Gasteiger partial charge in [0.05, 0.1) is 37.5 Å². The maximum atomic E-state index is 12.6. The van der Waals surface area contributed by atoms with Crippen LogP contribution in [0.3, 0.4) is 0 Å². The molecule has 0 bridgehead atoms. The molecule has 3 rings (SSSR count). The topological polar surface area (TPSA) is 68.5 Å². The Bertz CT molecular complexity index is 1280. The number of nitrogens with zero attached hydrogens (tertiary/aromatic N) is 2. The summed E-state index contributed by atoms with van der Waals surface area (Å²) < 4.78 is 26.1. The highest BCUT2D eigenvalue weighted by molar-refractivity contribution is 7.91. The van der Waals surface area contributed by atoms with Crippen LogP contribution in [0.5, 0.6) is 0 Å². The number of carbonyl (C=O) groups is 1. The molecule has 3 aromatic rings. The van der Waals surface area contributed by atoms with Crippen LogP contribution in [0, 0.1) is 12.3 Å². The van der Waals surface area contributed by atoms with Crippen molar-refractivity contribution in [2.45, 2.75) is 18.4 Å². The van der Waals surface area contributed by atoms with Gasteiger partial charge in [-0.2, -0.15) is 4.99 Å². The van der Waals surface area contributed by atoms with Crippen molar-refractivity contribution in [3.05, 3.63) is 56.8 Å². The first kappa shape index (κ1) is 20.6. The lowest BCUT2D eigenvalue weighted by atomic mass is 10.2. The number of benzene rings is 2. The fraction of sp³-hybridized carbons (Fsp3) is 0.158. The standard InChI is InChI=1S/C19H14Cl2N2O3S2/c1-3-11-23-16-14(20)9-10-15(21)17(16)27-19(23)22-18(24)12-5-7-13(8-6-12)28(25,26)4-2/h1,5-10H,4,11H2,2H3. The highest BCUT2D eigenvalue weighted by atomic mass is 35.5. The van der Waals surface area contributed by atoms with Gasteiger partial charge in [-0.15, -0.1) is 6.42 Å². The maximum absolute atomic E-state index is 12.6. The van der Waals surface area contributed by atoms with Gasteiger partial charge in [0.2, 0.25) is 0 Å². The first-order valence-electron chi connectivity index (χ1n) is 8.11. The van der Waals surface area contributed by atoms with E-state index in [-0.39, 0.29) is 22.8 Å². The van der Waals surface area contributed by atoms with Gasteiger partial charge >= 0.3 is 0 Å². The van der Waals surface area contributed by atoms with Crippen LogP contribution in [-0.2, 0) is 16.4 Å². The van der Waals surface area contributed by atoms with E-state index >= 15 is 0 Å². The zero-order valence-electron chi connectivity index (χ0n) is 14.6. The van der Waals surface area contributed by atoms with Gasteiger partial charge in [-0.1, -0.05) is 47.4 Å². The van der Waals surface area contributed by atoms with Crippen molar-refractivity contribution < 1.29 is 13.2 Å². The number of sulfone groups is 1. The summed E-state index contributed by atoms with van der Waals surface area (Å²) in [5.74, 6) is 1.99. The molecule has 0 aliphatic heterocycles. The smallest absolute Gasteiger partial charge is 0.279 e. The van der Waals surface area contributed by atoms with E-state index in [9.17, 15) is 13.2 Å². The Kier molecular flexibility index (Phi) is 5.96. The molecule has 0 aliphatic carbocycles. The van der Waals surface area contributed by atoms with Crippen LogP contribution in [0.2, 0.25) is 10.0 Å². The molecule has 0 aliphatic rings. The number of aromatic nitrogens is 1. The molecule has 2 aromatic carbocycles. The maximum Gasteiger partial charge on any atom is 0.279 e. The molecule has 28 heavy (non-hydrogen) atoms. The molecule has 1 aromatic heterocycles. The van der Waals surface area contributed by atoms with Crippen LogP contribution in [0.25, 0.3) is 10.2 Å². The van der Waals surface area contributed by atoms with E-state index in [1.54, 1.807) is 23.6 Å². The number of terminal acetylenes is 1. The van der Waals surface area contributed by atoms with Crippen LogP contribution in [0.4, 0.5) is 0 Å². The molecule has 0 unspecified atom stereocenters. The number of thiazole rings is 1. The summed E-state index contributed by atoms with van der Waals surface area (Å²) in [4.78, 5) is 17.3.